The summed E-state index contributed by atoms with van der Waals surface area (Å²) < 4.78 is 10.6. The summed E-state index contributed by atoms with van der Waals surface area (Å²) in [6, 6.07) is 7.62. The van der Waals surface area contributed by atoms with Crippen LogP contribution in [-0.2, 0) is 14.3 Å². The Kier molecular flexibility index (Phi) is 6.64. The second-order valence-electron chi connectivity index (χ2n) is 6.56. The third-order valence-electron chi connectivity index (χ3n) is 4.56. The molecule has 0 radical (unpaired) electrons. The molecule has 5 nitrogen and oxygen atoms in total. The third-order valence-corrected chi connectivity index (χ3v) is 4.56. The average Bonchev–Trinajstić information content (AvgIpc) is 2.56. The van der Waals surface area contributed by atoms with Gasteiger partial charge in [-0.05, 0) is 44.2 Å². The molecule has 0 aromatic heterocycles. The number of aryl methyl sites for hydroxylation is 1. The zero-order valence-electron chi connectivity index (χ0n) is 14.7. The molecule has 1 amide bonds. The summed E-state index contributed by atoms with van der Waals surface area (Å²) in [5.41, 5.74) is 0.947. The molecule has 132 valence electrons. The number of para-hydroxylation sites is 1. The van der Waals surface area contributed by atoms with E-state index in [9.17, 15) is 9.59 Å². The first kappa shape index (κ1) is 18.3. The molecule has 2 rings (SSSR count). The van der Waals surface area contributed by atoms with Crippen molar-refractivity contribution in [1.29, 1.82) is 0 Å². The Hall–Kier alpha value is -2.04. The Bertz CT molecular complexity index is 572. The lowest BCUT2D eigenvalue weighted by Gasteiger charge is -2.30. The summed E-state index contributed by atoms with van der Waals surface area (Å²) in [5.74, 6) is 0.327. The van der Waals surface area contributed by atoms with Crippen molar-refractivity contribution in [2.75, 3.05) is 6.61 Å². The standard InChI is InChI=1S/C19H27NO4/c1-13-8-4-6-10-16(13)20-19(22)15(3)24-18(21)12-23-17-11-7-5-9-14(17)2/h5,7,9,11,13,15-16H,4,6,8,10,12H2,1-3H3,(H,20,22)/t13-,15-,16-/m0/s1. The van der Waals surface area contributed by atoms with E-state index < -0.39 is 12.1 Å². The molecule has 3 atom stereocenters. The van der Waals surface area contributed by atoms with E-state index in [0.717, 1.165) is 24.8 Å². The van der Waals surface area contributed by atoms with Crippen molar-refractivity contribution < 1.29 is 19.1 Å². The number of carbonyl (C=O) groups excluding carboxylic acids is 2. The molecule has 1 fully saturated rings. The number of amides is 1. The van der Waals surface area contributed by atoms with Gasteiger partial charge in [-0.2, -0.15) is 0 Å². The van der Waals surface area contributed by atoms with Gasteiger partial charge in [0.1, 0.15) is 5.75 Å². The maximum absolute atomic E-state index is 12.2. The van der Waals surface area contributed by atoms with E-state index in [1.807, 2.05) is 25.1 Å². The van der Waals surface area contributed by atoms with E-state index in [1.54, 1.807) is 13.0 Å². The van der Waals surface area contributed by atoms with E-state index >= 15 is 0 Å². The Morgan fingerprint density at radius 2 is 1.96 bits per heavy atom. The van der Waals surface area contributed by atoms with Crippen LogP contribution in [0.1, 0.15) is 45.1 Å². The molecule has 24 heavy (non-hydrogen) atoms. The molecule has 5 heteroatoms. The van der Waals surface area contributed by atoms with E-state index in [-0.39, 0.29) is 18.6 Å². The lowest BCUT2D eigenvalue weighted by Crippen LogP contribution is -2.46. The van der Waals surface area contributed by atoms with Gasteiger partial charge in [-0.1, -0.05) is 38.0 Å². The highest BCUT2D eigenvalue weighted by atomic mass is 16.6. The summed E-state index contributed by atoms with van der Waals surface area (Å²) in [7, 11) is 0. The van der Waals surface area contributed by atoms with Crippen molar-refractivity contribution in [1.82, 2.24) is 5.32 Å². The van der Waals surface area contributed by atoms with Gasteiger partial charge in [-0.3, -0.25) is 4.79 Å². The van der Waals surface area contributed by atoms with Gasteiger partial charge in [0.05, 0.1) is 0 Å². The van der Waals surface area contributed by atoms with Crippen molar-refractivity contribution >= 4 is 11.9 Å². The Morgan fingerprint density at radius 1 is 1.25 bits per heavy atom. The van der Waals surface area contributed by atoms with Crippen LogP contribution in [0.4, 0.5) is 0 Å². The quantitative estimate of drug-likeness (QED) is 0.813. The molecule has 0 unspecified atom stereocenters. The van der Waals surface area contributed by atoms with E-state index in [2.05, 4.69) is 12.2 Å². The van der Waals surface area contributed by atoms with Crippen LogP contribution >= 0.6 is 0 Å². The largest absolute Gasteiger partial charge is 0.482 e. The minimum absolute atomic E-state index is 0.177. The molecular weight excluding hydrogens is 306 g/mol. The number of hydrogen-bond acceptors (Lipinski definition) is 4. The van der Waals surface area contributed by atoms with Crippen molar-refractivity contribution in [3.05, 3.63) is 29.8 Å². The predicted molar refractivity (Wildman–Crippen MR) is 91.8 cm³/mol. The van der Waals surface area contributed by atoms with Gasteiger partial charge in [-0.25, -0.2) is 4.79 Å². The Balaban J connectivity index is 1.76. The maximum atomic E-state index is 12.2. The molecule has 1 saturated carbocycles. The summed E-state index contributed by atoms with van der Waals surface area (Å²) >= 11 is 0. The highest BCUT2D eigenvalue weighted by Crippen LogP contribution is 2.23. The number of nitrogens with one attached hydrogen (secondary N) is 1. The second kappa shape index (κ2) is 8.71. The minimum atomic E-state index is -0.813. The number of hydrogen-bond donors (Lipinski definition) is 1. The first-order valence-electron chi connectivity index (χ1n) is 8.65. The van der Waals surface area contributed by atoms with Crippen molar-refractivity contribution in [3.63, 3.8) is 0 Å². The number of rotatable bonds is 6. The van der Waals surface area contributed by atoms with Crippen LogP contribution in [0, 0.1) is 12.8 Å². The summed E-state index contributed by atoms with van der Waals surface area (Å²) in [5, 5.41) is 3.00. The molecular formula is C19H27NO4. The number of ether oxygens (including phenoxy) is 2. The molecule has 0 spiro atoms. The smallest absolute Gasteiger partial charge is 0.344 e. The van der Waals surface area contributed by atoms with E-state index in [0.29, 0.717) is 11.7 Å². The normalized spacial score (nSPS) is 21.6. The molecule has 0 aliphatic heterocycles. The van der Waals surface area contributed by atoms with Gasteiger partial charge >= 0.3 is 5.97 Å². The Morgan fingerprint density at radius 3 is 2.67 bits per heavy atom. The molecule has 1 aromatic carbocycles. The highest BCUT2D eigenvalue weighted by molar-refractivity contribution is 5.83. The summed E-state index contributed by atoms with van der Waals surface area (Å²) in [6.07, 6.45) is 3.65. The maximum Gasteiger partial charge on any atom is 0.344 e. The minimum Gasteiger partial charge on any atom is -0.482 e. The van der Waals surface area contributed by atoms with Gasteiger partial charge in [0, 0.05) is 6.04 Å². The van der Waals surface area contributed by atoms with Crippen molar-refractivity contribution in [3.8, 4) is 5.75 Å². The van der Waals surface area contributed by atoms with Gasteiger partial charge < -0.3 is 14.8 Å². The van der Waals surface area contributed by atoms with Crippen LogP contribution in [0.3, 0.4) is 0 Å². The fraction of sp³-hybridized carbons (Fsp3) is 0.579. The van der Waals surface area contributed by atoms with Crippen LogP contribution in [0.25, 0.3) is 0 Å². The fourth-order valence-electron chi connectivity index (χ4n) is 2.97. The highest BCUT2D eigenvalue weighted by Gasteiger charge is 2.26. The topological polar surface area (TPSA) is 64.6 Å². The van der Waals surface area contributed by atoms with Crippen LogP contribution < -0.4 is 10.1 Å². The van der Waals surface area contributed by atoms with Crippen molar-refractivity contribution in [2.24, 2.45) is 5.92 Å². The zero-order chi connectivity index (χ0) is 17.5. The summed E-state index contributed by atoms with van der Waals surface area (Å²) in [6.45, 7) is 5.44. The Labute approximate surface area is 143 Å². The number of esters is 1. The summed E-state index contributed by atoms with van der Waals surface area (Å²) in [4.78, 5) is 24.1. The second-order valence-corrected chi connectivity index (χ2v) is 6.56. The fourth-order valence-corrected chi connectivity index (χ4v) is 2.97. The average molecular weight is 333 g/mol. The van der Waals surface area contributed by atoms with Gasteiger partial charge in [0.25, 0.3) is 5.91 Å². The lowest BCUT2D eigenvalue weighted by molar-refractivity contribution is -0.157. The first-order valence-corrected chi connectivity index (χ1v) is 8.65. The van der Waals surface area contributed by atoms with Gasteiger partial charge in [-0.15, -0.1) is 0 Å². The number of carbonyl (C=O) groups is 2. The predicted octanol–water partition coefficient (Wildman–Crippen LogP) is 3.00. The van der Waals surface area contributed by atoms with Gasteiger partial charge in [0.15, 0.2) is 12.7 Å². The molecule has 0 heterocycles. The molecule has 0 saturated heterocycles. The van der Waals surface area contributed by atoms with Crippen LogP contribution in [0.2, 0.25) is 0 Å². The van der Waals surface area contributed by atoms with E-state index in [4.69, 9.17) is 9.47 Å². The lowest BCUT2D eigenvalue weighted by atomic mass is 9.86. The SMILES string of the molecule is Cc1ccccc1OCC(=O)O[C@@H](C)C(=O)N[C@H]1CCCC[C@@H]1C. The number of benzene rings is 1. The van der Waals surface area contributed by atoms with Gasteiger partial charge in [0.2, 0.25) is 0 Å². The van der Waals surface area contributed by atoms with Crippen LogP contribution in [-0.4, -0.2) is 30.6 Å². The third kappa shape index (κ3) is 5.25. The molecule has 1 aromatic rings. The van der Waals surface area contributed by atoms with Crippen LogP contribution in [0.5, 0.6) is 5.75 Å². The van der Waals surface area contributed by atoms with E-state index in [1.165, 1.54) is 6.42 Å². The monoisotopic (exact) mass is 333 g/mol. The molecule has 1 N–H and O–H groups in total. The zero-order valence-corrected chi connectivity index (χ0v) is 14.7. The van der Waals surface area contributed by atoms with Crippen LogP contribution in [0.15, 0.2) is 24.3 Å². The van der Waals surface area contributed by atoms with Crippen molar-refractivity contribution in [2.45, 2.75) is 58.6 Å². The first-order chi connectivity index (χ1) is 11.5. The molecule has 1 aliphatic carbocycles. The molecule has 0 bridgehead atoms. The molecule has 1 aliphatic rings.